The molecule has 0 amide bonds. The minimum atomic E-state index is -0.141. The molecule has 0 atom stereocenters. The number of hydrogen-bond acceptors (Lipinski definition) is 3. The van der Waals surface area contributed by atoms with Crippen molar-refractivity contribution in [1.82, 2.24) is 10.3 Å². The van der Waals surface area contributed by atoms with Crippen LogP contribution in [-0.2, 0) is 5.41 Å². The highest BCUT2D eigenvalue weighted by Crippen LogP contribution is 2.34. The predicted molar refractivity (Wildman–Crippen MR) is 148 cm³/mol. The standard InChI is InChI=1S/C25H34N2.C5H13N/c1-9-20(25(7,8)16-26)14-22-18(3)21(24(4,5)6)15-23(27-22)19-12-10-17(2)11-13-19;1-3-5-6-4-2/h9-15H,1,16,26H2,2-8H3;6H,3-5H2,1-2H3/b20-14+;. The summed E-state index contributed by atoms with van der Waals surface area (Å²) in [7, 11) is 0. The molecule has 1 aromatic heterocycles. The van der Waals surface area contributed by atoms with Crippen molar-refractivity contribution in [3.05, 3.63) is 70.9 Å². The molecule has 33 heavy (non-hydrogen) atoms. The SMILES string of the molecule is C=C/C(=C\c1nc(-c2ccc(C)cc2)cc(C(C)(C)C)c1C)C(C)(C)CN.CCCNCC. The maximum Gasteiger partial charge on any atom is 0.0712 e. The lowest BCUT2D eigenvalue weighted by Gasteiger charge is -2.26. The van der Waals surface area contributed by atoms with Crippen LogP contribution < -0.4 is 11.1 Å². The molecular weight excluding hydrogens is 402 g/mol. The molecule has 182 valence electrons. The Morgan fingerprint density at radius 3 is 2.09 bits per heavy atom. The molecule has 2 aromatic rings. The van der Waals surface area contributed by atoms with E-state index in [1.807, 2.05) is 6.08 Å². The first-order valence-electron chi connectivity index (χ1n) is 12.3. The van der Waals surface area contributed by atoms with E-state index >= 15 is 0 Å². The van der Waals surface area contributed by atoms with Crippen LogP contribution in [0.1, 0.15) is 77.3 Å². The van der Waals surface area contributed by atoms with Crippen molar-refractivity contribution >= 4 is 6.08 Å². The number of nitrogens with one attached hydrogen (secondary N) is 1. The van der Waals surface area contributed by atoms with Gasteiger partial charge >= 0.3 is 0 Å². The maximum absolute atomic E-state index is 6.00. The Kier molecular flexibility index (Phi) is 11.2. The number of nitrogens with zero attached hydrogens (tertiary/aromatic N) is 1. The van der Waals surface area contributed by atoms with E-state index in [0.29, 0.717) is 6.54 Å². The summed E-state index contributed by atoms with van der Waals surface area (Å²) in [6.07, 6.45) is 5.30. The van der Waals surface area contributed by atoms with Gasteiger partial charge in [-0.2, -0.15) is 0 Å². The summed E-state index contributed by atoms with van der Waals surface area (Å²) in [6, 6.07) is 10.8. The summed E-state index contributed by atoms with van der Waals surface area (Å²) in [5.74, 6) is 0. The Balaban J connectivity index is 0.000000801. The number of pyridine rings is 1. The second-order valence-corrected chi connectivity index (χ2v) is 10.4. The number of aryl methyl sites for hydroxylation is 1. The van der Waals surface area contributed by atoms with Gasteiger partial charge in [-0.3, -0.25) is 0 Å². The Hall–Kier alpha value is -2.23. The Labute approximate surface area is 203 Å². The Morgan fingerprint density at radius 2 is 1.67 bits per heavy atom. The molecule has 3 nitrogen and oxygen atoms in total. The van der Waals surface area contributed by atoms with E-state index in [0.717, 1.165) is 35.6 Å². The van der Waals surface area contributed by atoms with Crippen molar-refractivity contribution < 1.29 is 0 Å². The van der Waals surface area contributed by atoms with Gasteiger partial charge in [-0.15, -0.1) is 0 Å². The topological polar surface area (TPSA) is 50.9 Å². The van der Waals surface area contributed by atoms with Gasteiger partial charge in [0.25, 0.3) is 0 Å². The van der Waals surface area contributed by atoms with Crippen molar-refractivity contribution in [2.75, 3.05) is 19.6 Å². The predicted octanol–water partition coefficient (Wildman–Crippen LogP) is 7.22. The zero-order chi connectivity index (χ0) is 25.2. The van der Waals surface area contributed by atoms with Crippen LogP contribution in [0.2, 0.25) is 0 Å². The number of aromatic nitrogens is 1. The second-order valence-electron chi connectivity index (χ2n) is 10.4. The zero-order valence-corrected chi connectivity index (χ0v) is 22.6. The van der Waals surface area contributed by atoms with Crippen LogP contribution in [0, 0.1) is 19.3 Å². The molecule has 0 unspecified atom stereocenters. The van der Waals surface area contributed by atoms with Gasteiger partial charge in [0, 0.05) is 17.5 Å². The lowest BCUT2D eigenvalue weighted by molar-refractivity contribution is 0.475. The summed E-state index contributed by atoms with van der Waals surface area (Å²) in [5, 5.41) is 3.20. The van der Waals surface area contributed by atoms with E-state index in [-0.39, 0.29) is 10.8 Å². The smallest absolute Gasteiger partial charge is 0.0712 e. The second kappa shape index (κ2) is 12.9. The highest BCUT2D eigenvalue weighted by molar-refractivity contribution is 5.67. The normalized spacial score (nSPS) is 12.2. The summed E-state index contributed by atoms with van der Waals surface area (Å²) < 4.78 is 0. The quantitative estimate of drug-likeness (QED) is 0.330. The number of nitrogens with two attached hydrogens (primary N) is 1. The van der Waals surface area contributed by atoms with Crippen LogP contribution in [0.15, 0.2) is 48.6 Å². The van der Waals surface area contributed by atoms with E-state index in [2.05, 4.69) is 111 Å². The van der Waals surface area contributed by atoms with Gasteiger partial charge < -0.3 is 11.1 Å². The van der Waals surface area contributed by atoms with Crippen molar-refractivity contribution in [3.63, 3.8) is 0 Å². The van der Waals surface area contributed by atoms with E-state index in [1.54, 1.807) is 0 Å². The fraction of sp³-hybridized carbons (Fsp3) is 0.500. The average Bonchev–Trinajstić information content (AvgIpc) is 2.77. The van der Waals surface area contributed by atoms with E-state index in [4.69, 9.17) is 10.7 Å². The van der Waals surface area contributed by atoms with Crippen LogP contribution in [-0.4, -0.2) is 24.6 Å². The van der Waals surface area contributed by atoms with E-state index in [1.165, 1.54) is 23.1 Å². The lowest BCUT2D eigenvalue weighted by Crippen LogP contribution is -2.25. The minimum Gasteiger partial charge on any atom is -0.330 e. The molecule has 0 aliphatic carbocycles. The van der Waals surface area contributed by atoms with Crippen LogP contribution in [0.4, 0.5) is 0 Å². The van der Waals surface area contributed by atoms with Crippen LogP contribution in [0.25, 0.3) is 17.3 Å². The molecule has 3 N–H and O–H groups in total. The van der Waals surface area contributed by atoms with Gasteiger partial charge in [-0.05, 0) is 67.6 Å². The van der Waals surface area contributed by atoms with Gasteiger partial charge in [0.05, 0.1) is 11.4 Å². The Bertz CT molecular complexity index is 909. The molecule has 0 saturated carbocycles. The van der Waals surface area contributed by atoms with Gasteiger partial charge in [0.2, 0.25) is 0 Å². The molecule has 0 bridgehead atoms. The molecule has 2 rings (SSSR count). The molecule has 0 spiro atoms. The minimum absolute atomic E-state index is 0.0345. The largest absolute Gasteiger partial charge is 0.330 e. The zero-order valence-electron chi connectivity index (χ0n) is 22.6. The van der Waals surface area contributed by atoms with Crippen molar-refractivity contribution in [2.24, 2.45) is 11.1 Å². The van der Waals surface area contributed by atoms with Crippen LogP contribution >= 0.6 is 0 Å². The van der Waals surface area contributed by atoms with Crippen molar-refractivity contribution in [1.29, 1.82) is 0 Å². The average molecular weight is 450 g/mol. The highest BCUT2D eigenvalue weighted by Gasteiger charge is 2.23. The Morgan fingerprint density at radius 1 is 1.06 bits per heavy atom. The fourth-order valence-corrected chi connectivity index (χ4v) is 3.57. The number of allylic oxidation sites excluding steroid dienone is 1. The molecule has 0 radical (unpaired) electrons. The monoisotopic (exact) mass is 449 g/mol. The fourth-order valence-electron chi connectivity index (χ4n) is 3.57. The number of benzene rings is 1. The molecule has 1 heterocycles. The van der Waals surface area contributed by atoms with Gasteiger partial charge in [-0.25, -0.2) is 4.98 Å². The molecule has 3 heteroatoms. The van der Waals surface area contributed by atoms with E-state index in [9.17, 15) is 0 Å². The molecule has 0 fully saturated rings. The molecule has 0 saturated heterocycles. The summed E-state index contributed by atoms with van der Waals surface area (Å²) in [6.45, 7) is 26.4. The first-order chi connectivity index (χ1) is 15.4. The molecule has 1 aromatic carbocycles. The molecule has 0 aliphatic rings. The molecule has 0 aliphatic heterocycles. The third kappa shape index (κ3) is 8.57. The number of rotatable bonds is 8. The van der Waals surface area contributed by atoms with Gasteiger partial charge in [-0.1, -0.05) is 91.0 Å². The van der Waals surface area contributed by atoms with Gasteiger partial charge in [0.1, 0.15) is 0 Å². The van der Waals surface area contributed by atoms with Crippen LogP contribution in [0.3, 0.4) is 0 Å². The first-order valence-corrected chi connectivity index (χ1v) is 12.3. The third-order valence-electron chi connectivity index (χ3n) is 5.95. The maximum atomic E-state index is 6.00. The summed E-state index contributed by atoms with van der Waals surface area (Å²) >= 11 is 0. The van der Waals surface area contributed by atoms with Gasteiger partial charge in [0.15, 0.2) is 0 Å². The van der Waals surface area contributed by atoms with Crippen LogP contribution in [0.5, 0.6) is 0 Å². The van der Waals surface area contributed by atoms with E-state index < -0.39 is 0 Å². The van der Waals surface area contributed by atoms with Crippen molar-refractivity contribution in [3.8, 4) is 11.3 Å². The lowest BCUT2D eigenvalue weighted by atomic mass is 9.81. The molecular formula is C30H47N3. The summed E-state index contributed by atoms with van der Waals surface area (Å²) in [5.41, 5.74) is 13.9. The first kappa shape index (κ1) is 28.8. The third-order valence-corrected chi connectivity index (χ3v) is 5.95. The number of hydrogen-bond donors (Lipinski definition) is 2. The highest BCUT2D eigenvalue weighted by atomic mass is 14.8. The van der Waals surface area contributed by atoms with Crippen molar-refractivity contribution in [2.45, 2.75) is 74.1 Å². The summed E-state index contributed by atoms with van der Waals surface area (Å²) in [4.78, 5) is 5.02.